The molecule has 2 heterocycles. The first-order valence-corrected chi connectivity index (χ1v) is 9.36. The van der Waals surface area contributed by atoms with Crippen LogP contribution in [0.3, 0.4) is 0 Å². The lowest BCUT2D eigenvalue weighted by Crippen LogP contribution is -2.37. The first kappa shape index (κ1) is 19.9. The number of halogens is 1. The van der Waals surface area contributed by atoms with Crippen LogP contribution in [0.4, 0.5) is 5.95 Å². The highest BCUT2D eigenvalue weighted by molar-refractivity contribution is 9.10. The zero-order valence-corrected chi connectivity index (χ0v) is 17.8. The number of aromatic nitrogens is 4. The van der Waals surface area contributed by atoms with Gasteiger partial charge in [0.1, 0.15) is 5.75 Å². The Hall–Kier alpha value is -2.88. The van der Waals surface area contributed by atoms with Crippen LogP contribution in [0.1, 0.15) is 25.5 Å². The summed E-state index contributed by atoms with van der Waals surface area (Å²) < 4.78 is 10.4. The molecule has 1 aromatic carbocycles. The molecule has 2 aromatic heterocycles. The second-order valence-electron chi connectivity index (χ2n) is 6.53. The zero-order chi connectivity index (χ0) is 20.6. The predicted molar refractivity (Wildman–Crippen MR) is 113 cm³/mol. The summed E-state index contributed by atoms with van der Waals surface area (Å²) in [6.45, 7) is 3.86. The van der Waals surface area contributed by atoms with E-state index in [1.54, 1.807) is 24.9 Å². The summed E-state index contributed by atoms with van der Waals surface area (Å²) in [4.78, 5) is 29.3. The van der Waals surface area contributed by atoms with Crippen LogP contribution in [-0.4, -0.2) is 32.0 Å². The van der Waals surface area contributed by atoms with E-state index in [1.807, 2.05) is 32.0 Å². The van der Waals surface area contributed by atoms with E-state index in [4.69, 9.17) is 4.74 Å². The number of hydrogen-bond donors (Lipinski definition) is 1. The number of benzene rings is 1. The first-order valence-electron chi connectivity index (χ1n) is 8.56. The van der Waals surface area contributed by atoms with Crippen LogP contribution in [0.5, 0.6) is 5.75 Å². The smallest absolute Gasteiger partial charge is 0.332 e. The maximum Gasteiger partial charge on any atom is 0.332 e. The molecule has 0 unspecified atom stereocenters. The molecule has 1 N–H and O–H groups in total. The maximum atomic E-state index is 12.7. The van der Waals surface area contributed by atoms with Gasteiger partial charge in [0.25, 0.3) is 5.56 Å². The second kappa shape index (κ2) is 7.63. The molecule has 0 spiro atoms. The molecule has 3 aromatic rings. The van der Waals surface area contributed by atoms with Gasteiger partial charge in [0, 0.05) is 30.2 Å². The molecule has 0 bridgehead atoms. The maximum absolute atomic E-state index is 12.7. The Morgan fingerprint density at radius 3 is 2.61 bits per heavy atom. The Morgan fingerprint density at radius 1 is 1.25 bits per heavy atom. The predicted octanol–water partition coefficient (Wildman–Crippen LogP) is 2.23. The first-order chi connectivity index (χ1) is 13.3. The van der Waals surface area contributed by atoms with Crippen LogP contribution in [0.2, 0.25) is 0 Å². The van der Waals surface area contributed by atoms with Crippen molar-refractivity contribution in [2.45, 2.75) is 19.9 Å². The Balaban J connectivity index is 2.09. The van der Waals surface area contributed by atoms with Gasteiger partial charge in [-0.05, 0) is 32.0 Å². The fraction of sp³-hybridized carbons (Fsp3) is 0.333. The van der Waals surface area contributed by atoms with Crippen LogP contribution in [-0.2, 0) is 14.1 Å². The van der Waals surface area contributed by atoms with Crippen molar-refractivity contribution >= 4 is 39.3 Å². The van der Waals surface area contributed by atoms with Gasteiger partial charge in [-0.15, -0.1) is 0 Å². The lowest BCUT2D eigenvalue weighted by Gasteiger charge is -2.12. The summed E-state index contributed by atoms with van der Waals surface area (Å²) in [7, 11) is 4.62. The fourth-order valence-corrected chi connectivity index (χ4v) is 3.34. The van der Waals surface area contributed by atoms with E-state index in [2.05, 4.69) is 31.4 Å². The Bertz CT molecular complexity index is 1190. The number of nitrogens with zero attached hydrogens (tertiary/aromatic N) is 5. The molecular weight excluding hydrogens is 428 g/mol. The average molecular weight is 449 g/mol. The van der Waals surface area contributed by atoms with Crippen LogP contribution in [0.25, 0.3) is 11.2 Å². The Morgan fingerprint density at radius 2 is 1.96 bits per heavy atom. The van der Waals surface area contributed by atoms with Gasteiger partial charge < -0.3 is 9.30 Å². The Kier molecular flexibility index (Phi) is 5.41. The zero-order valence-electron chi connectivity index (χ0n) is 16.2. The SMILES string of the molecule is COc1ccc(Br)cc1C=NNc1nc2c(c(=O)n(C)c(=O)n2C)n1C(C)C. The monoisotopic (exact) mass is 448 g/mol. The minimum Gasteiger partial charge on any atom is -0.496 e. The minimum atomic E-state index is -0.431. The normalized spacial score (nSPS) is 11.7. The van der Waals surface area contributed by atoms with E-state index in [9.17, 15) is 9.59 Å². The van der Waals surface area contributed by atoms with Crippen LogP contribution in [0, 0.1) is 0 Å². The third kappa shape index (κ3) is 3.35. The summed E-state index contributed by atoms with van der Waals surface area (Å²) in [5.41, 5.74) is 3.47. The number of ether oxygens (including phenoxy) is 1. The molecule has 0 saturated carbocycles. The fourth-order valence-electron chi connectivity index (χ4n) is 2.96. The van der Waals surface area contributed by atoms with Crippen molar-refractivity contribution in [2.75, 3.05) is 12.5 Å². The highest BCUT2D eigenvalue weighted by atomic mass is 79.9. The molecule has 28 heavy (non-hydrogen) atoms. The Labute approximate surface area is 169 Å². The van der Waals surface area contributed by atoms with Gasteiger partial charge in [0.15, 0.2) is 11.2 Å². The van der Waals surface area contributed by atoms with Gasteiger partial charge in [-0.3, -0.25) is 13.9 Å². The summed E-state index contributed by atoms with van der Waals surface area (Å²) in [6, 6.07) is 5.50. The molecule has 0 aliphatic rings. The number of fused-ring (bicyclic) bond motifs is 1. The van der Waals surface area contributed by atoms with Gasteiger partial charge in [-0.2, -0.15) is 10.1 Å². The number of rotatable bonds is 5. The minimum absolute atomic E-state index is 0.0756. The number of aryl methyl sites for hydroxylation is 1. The molecule has 3 rings (SSSR count). The van der Waals surface area contributed by atoms with E-state index in [0.717, 1.165) is 14.6 Å². The molecule has 9 nitrogen and oxygen atoms in total. The standard InChI is InChI=1S/C18H21BrN6O3/c1-10(2)25-14-15(23(3)18(27)24(4)16(14)26)21-17(25)22-20-9-11-8-12(19)6-7-13(11)28-5/h6-10H,1-5H3,(H,21,22). The molecule has 0 atom stereocenters. The molecule has 0 amide bonds. The van der Waals surface area contributed by atoms with Crippen molar-refractivity contribution < 1.29 is 4.74 Å². The quantitative estimate of drug-likeness (QED) is 0.476. The highest BCUT2D eigenvalue weighted by Gasteiger charge is 2.20. The lowest BCUT2D eigenvalue weighted by molar-refractivity contribution is 0.414. The number of methoxy groups -OCH3 is 1. The van der Waals surface area contributed by atoms with Gasteiger partial charge >= 0.3 is 5.69 Å². The van der Waals surface area contributed by atoms with Gasteiger partial charge in [0.05, 0.1) is 13.3 Å². The van der Waals surface area contributed by atoms with Crippen molar-refractivity contribution in [3.63, 3.8) is 0 Å². The average Bonchev–Trinajstić information content (AvgIpc) is 3.05. The van der Waals surface area contributed by atoms with Crippen LogP contribution >= 0.6 is 15.9 Å². The summed E-state index contributed by atoms with van der Waals surface area (Å²) >= 11 is 3.42. The molecule has 0 saturated heterocycles. The summed E-state index contributed by atoms with van der Waals surface area (Å²) in [5.74, 6) is 1.04. The number of anilines is 1. The third-order valence-electron chi connectivity index (χ3n) is 4.37. The number of imidazole rings is 1. The molecule has 0 radical (unpaired) electrons. The topological polar surface area (TPSA) is 95.4 Å². The van der Waals surface area contributed by atoms with Crippen LogP contribution in [0.15, 0.2) is 37.4 Å². The number of hydrazone groups is 1. The van der Waals surface area contributed by atoms with Crippen molar-refractivity contribution in [1.29, 1.82) is 0 Å². The number of nitrogens with one attached hydrogen (secondary N) is 1. The van der Waals surface area contributed by atoms with E-state index >= 15 is 0 Å². The third-order valence-corrected chi connectivity index (χ3v) is 4.86. The highest BCUT2D eigenvalue weighted by Crippen LogP contribution is 2.23. The van der Waals surface area contributed by atoms with Gasteiger partial charge in [-0.1, -0.05) is 15.9 Å². The second-order valence-corrected chi connectivity index (χ2v) is 7.45. The van der Waals surface area contributed by atoms with Gasteiger partial charge in [-0.25, -0.2) is 10.2 Å². The molecule has 10 heteroatoms. The van der Waals surface area contributed by atoms with E-state index in [1.165, 1.54) is 11.6 Å². The van der Waals surface area contributed by atoms with Crippen LogP contribution < -0.4 is 21.4 Å². The summed E-state index contributed by atoms with van der Waals surface area (Å²) in [6.07, 6.45) is 1.60. The lowest BCUT2D eigenvalue weighted by atomic mass is 10.2. The van der Waals surface area contributed by atoms with Crippen molar-refractivity contribution in [2.24, 2.45) is 19.2 Å². The van der Waals surface area contributed by atoms with E-state index in [-0.39, 0.29) is 6.04 Å². The summed E-state index contributed by atoms with van der Waals surface area (Å²) in [5, 5.41) is 4.25. The molecule has 148 valence electrons. The molecular formula is C18H21BrN6O3. The van der Waals surface area contributed by atoms with Crippen molar-refractivity contribution in [3.8, 4) is 5.75 Å². The van der Waals surface area contributed by atoms with Gasteiger partial charge in [0.2, 0.25) is 5.95 Å². The van der Waals surface area contributed by atoms with Crippen molar-refractivity contribution in [1.82, 2.24) is 18.7 Å². The molecule has 0 fully saturated rings. The van der Waals surface area contributed by atoms with E-state index < -0.39 is 11.2 Å². The van der Waals surface area contributed by atoms with E-state index in [0.29, 0.717) is 22.9 Å². The van der Waals surface area contributed by atoms with Crippen molar-refractivity contribution in [3.05, 3.63) is 49.1 Å². The number of hydrogen-bond acceptors (Lipinski definition) is 6. The largest absolute Gasteiger partial charge is 0.496 e. The molecule has 0 aliphatic heterocycles. The molecule has 0 aliphatic carbocycles.